The van der Waals surface area contributed by atoms with Crippen molar-refractivity contribution in [3.05, 3.63) is 54.9 Å². The van der Waals surface area contributed by atoms with E-state index in [-0.39, 0.29) is 6.04 Å². The maximum Gasteiger partial charge on any atom is 0.232 e. The summed E-state index contributed by atoms with van der Waals surface area (Å²) in [7, 11) is 0. The molecule has 128 valence electrons. The van der Waals surface area contributed by atoms with E-state index in [2.05, 4.69) is 30.6 Å². The van der Waals surface area contributed by atoms with E-state index in [1.165, 1.54) is 0 Å². The van der Waals surface area contributed by atoms with Crippen molar-refractivity contribution in [2.24, 2.45) is 0 Å². The first-order valence-corrected chi connectivity index (χ1v) is 8.05. The number of pyridine rings is 1. The zero-order chi connectivity index (χ0) is 17.6. The van der Waals surface area contributed by atoms with E-state index in [0.717, 1.165) is 11.3 Å². The zero-order valence-corrected chi connectivity index (χ0v) is 14.1. The Morgan fingerprint density at radius 3 is 2.24 bits per heavy atom. The number of hydrogen-bond acceptors (Lipinski definition) is 7. The highest BCUT2D eigenvalue weighted by molar-refractivity contribution is 5.60. The molecule has 2 heterocycles. The molecular formula is C18H20N6O. The lowest BCUT2D eigenvalue weighted by molar-refractivity contribution is 0.177. The molecule has 25 heavy (non-hydrogen) atoms. The summed E-state index contributed by atoms with van der Waals surface area (Å²) >= 11 is 0. The van der Waals surface area contributed by atoms with Crippen molar-refractivity contribution in [3.63, 3.8) is 0 Å². The first-order chi connectivity index (χ1) is 12.1. The first kappa shape index (κ1) is 16.8. The number of aromatic nitrogens is 4. The molecule has 0 radical (unpaired) electrons. The number of hydrogen-bond donors (Lipinski definition) is 3. The van der Waals surface area contributed by atoms with E-state index in [9.17, 15) is 5.11 Å². The van der Waals surface area contributed by atoms with Crippen LogP contribution < -0.4 is 10.6 Å². The fourth-order valence-corrected chi connectivity index (χ4v) is 2.10. The van der Waals surface area contributed by atoms with Crippen molar-refractivity contribution >= 4 is 17.6 Å². The molecule has 3 aromatic rings. The minimum absolute atomic E-state index is 0.195. The molecule has 0 saturated heterocycles. The molecule has 0 spiro atoms. The lowest BCUT2D eigenvalue weighted by Gasteiger charge is -2.17. The summed E-state index contributed by atoms with van der Waals surface area (Å²) in [5.74, 6) is 1.37. The van der Waals surface area contributed by atoms with Gasteiger partial charge in [-0.15, -0.1) is 0 Å². The van der Waals surface area contributed by atoms with Crippen LogP contribution in [0.3, 0.4) is 0 Å². The smallest absolute Gasteiger partial charge is 0.232 e. The third-order valence-corrected chi connectivity index (χ3v) is 3.68. The van der Waals surface area contributed by atoms with Gasteiger partial charge in [-0.25, -0.2) is 0 Å². The van der Waals surface area contributed by atoms with Crippen molar-refractivity contribution < 1.29 is 5.11 Å². The van der Waals surface area contributed by atoms with Gasteiger partial charge in [0.1, 0.15) is 0 Å². The fourth-order valence-electron chi connectivity index (χ4n) is 2.10. The van der Waals surface area contributed by atoms with E-state index in [1.54, 1.807) is 19.3 Å². The van der Waals surface area contributed by atoms with Crippen LogP contribution in [0.15, 0.2) is 54.9 Å². The Morgan fingerprint density at radius 1 is 0.880 bits per heavy atom. The number of aliphatic hydroxyl groups is 1. The quantitative estimate of drug-likeness (QED) is 0.637. The molecule has 0 aliphatic carbocycles. The Bertz CT molecular complexity index is 810. The van der Waals surface area contributed by atoms with E-state index >= 15 is 0 Å². The van der Waals surface area contributed by atoms with Gasteiger partial charge in [0.05, 0.1) is 12.1 Å². The number of aliphatic hydroxyl groups excluding tert-OH is 1. The molecule has 7 nitrogen and oxygen atoms in total. The predicted molar refractivity (Wildman–Crippen MR) is 97.5 cm³/mol. The van der Waals surface area contributed by atoms with Crippen molar-refractivity contribution in [1.29, 1.82) is 0 Å². The molecule has 3 N–H and O–H groups in total. The average Bonchev–Trinajstić information content (AvgIpc) is 2.63. The highest BCUT2D eigenvalue weighted by atomic mass is 16.3. The van der Waals surface area contributed by atoms with Gasteiger partial charge in [0, 0.05) is 23.6 Å². The van der Waals surface area contributed by atoms with Gasteiger partial charge in [0.25, 0.3) is 0 Å². The first-order valence-electron chi connectivity index (χ1n) is 8.05. The minimum Gasteiger partial charge on any atom is -0.391 e. The second-order valence-corrected chi connectivity index (χ2v) is 5.71. The van der Waals surface area contributed by atoms with Crippen LogP contribution in [0.5, 0.6) is 0 Å². The van der Waals surface area contributed by atoms with Crippen LogP contribution in [-0.2, 0) is 0 Å². The Labute approximate surface area is 146 Å². The van der Waals surface area contributed by atoms with Gasteiger partial charge in [0.15, 0.2) is 5.82 Å². The van der Waals surface area contributed by atoms with Gasteiger partial charge in [0.2, 0.25) is 11.9 Å². The molecule has 0 aliphatic rings. The number of anilines is 3. The number of rotatable bonds is 6. The SMILES string of the molecule is CC(O)C(C)Nc1nc(Nc2ccncc2)nc(-c2ccccc2)n1. The van der Waals surface area contributed by atoms with Gasteiger partial charge in [-0.05, 0) is 26.0 Å². The standard InChI is InChI=1S/C18H20N6O/c1-12(13(2)25)20-17-22-16(14-6-4-3-5-7-14)23-18(24-17)21-15-8-10-19-11-9-15/h3-13,25H,1-2H3,(H2,19,20,21,22,23,24). The number of nitrogens with one attached hydrogen (secondary N) is 2. The summed E-state index contributed by atoms with van der Waals surface area (Å²) in [6, 6.07) is 13.1. The largest absolute Gasteiger partial charge is 0.391 e. The molecule has 0 fully saturated rings. The Balaban J connectivity index is 1.96. The zero-order valence-electron chi connectivity index (χ0n) is 14.1. The molecule has 1 aromatic carbocycles. The van der Waals surface area contributed by atoms with E-state index in [0.29, 0.717) is 17.7 Å². The molecule has 2 aromatic heterocycles. The summed E-state index contributed by atoms with van der Waals surface area (Å²) in [6.07, 6.45) is 2.85. The predicted octanol–water partition coefficient (Wildman–Crippen LogP) is 2.86. The van der Waals surface area contributed by atoms with Gasteiger partial charge < -0.3 is 15.7 Å². The number of nitrogens with zero attached hydrogens (tertiary/aromatic N) is 4. The van der Waals surface area contributed by atoms with Crippen LogP contribution >= 0.6 is 0 Å². The van der Waals surface area contributed by atoms with Gasteiger partial charge >= 0.3 is 0 Å². The van der Waals surface area contributed by atoms with Gasteiger partial charge in [-0.3, -0.25) is 4.98 Å². The molecular weight excluding hydrogens is 316 g/mol. The Morgan fingerprint density at radius 2 is 1.56 bits per heavy atom. The third-order valence-electron chi connectivity index (χ3n) is 3.68. The normalized spacial score (nSPS) is 13.1. The van der Waals surface area contributed by atoms with Crippen LogP contribution in [-0.4, -0.2) is 37.2 Å². The van der Waals surface area contributed by atoms with Crippen LogP contribution in [0.4, 0.5) is 17.6 Å². The van der Waals surface area contributed by atoms with Crippen LogP contribution in [0.2, 0.25) is 0 Å². The summed E-state index contributed by atoms with van der Waals surface area (Å²) < 4.78 is 0. The minimum atomic E-state index is -0.534. The Kier molecular flexibility index (Phi) is 5.15. The Hall–Kier alpha value is -3.06. The monoisotopic (exact) mass is 336 g/mol. The fraction of sp³-hybridized carbons (Fsp3) is 0.222. The molecule has 0 amide bonds. The van der Waals surface area contributed by atoms with Gasteiger partial charge in [-0.1, -0.05) is 30.3 Å². The third kappa shape index (κ3) is 4.48. The summed E-state index contributed by atoms with van der Waals surface area (Å²) in [5.41, 5.74) is 1.71. The van der Waals surface area contributed by atoms with Crippen molar-refractivity contribution in [2.75, 3.05) is 10.6 Å². The second kappa shape index (κ2) is 7.67. The summed E-state index contributed by atoms with van der Waals surface area (Å²) in [5, 5.41) is 16.0. The van der Waals surface area contributed by atoms with Crippen LogP contribution in [0, 0.1) is 0 Å². The maximum absolute atomic E-state index is 9.72. The molecule has 0 aliphatic heterocycles. The average molecular weight is 336 g/mol. The summed E-state index contributed by atoms with van der Waals surface area (Å²) in [6.45, 7) is 3.58. The molecule has 3 rings (SSSR count). The highest BCUT2D eigenvalue weighted by Crippen LogP contribution is 2.20. The molecule has 0 saturated carbocycles. The maximum atomic E-state index is 9.72. The van der Waals surface area contributed by atoms with E-state index in [4.69, 9.17) is 0 Å². The topological polar surface area (TPSA) is 95.8 Å². The van der Waals surface area contributed by atoms with Crippen LogP contribution in [0.25, 0.3) is 11.4 Å². The lowest BCUT2D eigenvalue weighted by Crippen LogP contribution is -2.29. The summed E-state index contributed by atoms with van der Waals surface area (Å²) in [4.78, 5) is 17.4. The lowest BCUT2D eigenvalue weighted by atomic mass is 10.2. The van der Waals surface area contributed by atoms with E-state index in [1.807, 2.05) is 49.4 Å². The second-order valence-electron chi connectivity index (χ2n) is 5.71. The van der Waals surface area contributed by atoms with Crippen molar-refractivity contribution in [1.82, 2.24) is 19.9 Å². The van der Waals surface area contributed by atoms with Gasteiger partial charge in [-0.2, -0.15) is 15.0 Å². The molecule has 2 unspecified atom stereocenters. The molecule has 7 heteroatoms. The van der Waals surface area contributed by atoms with E-state index < -0.39 is 6.10 Å². The molecule has 2 atom stereocenters. The van der Waals surface area contributed by atoms with Crippen LogP contribution in [0.1, 0.15) is 13.8 Å². The van der Waals surface area contributed by atoms with Crippen molar-refractivity contribution in [2.45, 2.75) is 26.0 Å². The number of benzene rings is 1. The van der Waals surface area contributed by atoms with Crippen molar-refractivity contribution in [3.8, 4) is 11.4 Å². The highest BCUT2D eigenvalue weighted by Gasteiger charge is 2.13. The molecule has 0 bridgehead atoms.